The van der Waals surface area contributed by atoms with Gasteiger partial charge >= 0.3 is 5.97 Å². The molecule has 1 amide bonds. The number of carboxylic acids is 1. The van der Waals surface area contributed by atoms with Crippen molar-refractivity contribution in [2.24, 2.45) is 5.10 Å². The van der Waals surface area contributed by atoms with Crippen molar-refractivity contribution >= 4 is 49.3 Å². The first-order valence-electron chi connectivity index (χ1n) is 5.11. The van der Waals surface area contributed by atoms with Crippen LogP contribution in [0.4, 0.5) is 5.69 Å². The molecule has 0 saturated carbocycles. The second kappa shape index (κ2) is 4.96. The summed E-state index contributed by atoms with van der Waals surface area (Å²) in [5, 5.41) is 13.2. The molecule has 1 heterocycles. The Morgan fingerprint density at radius 2 is 2.05 bits per heavy atom. The highest BCUT2D eigenvalue weighted by molar-refractivity contribution is 9.10. The van der Waals surface area contributed by atoms with Gasteiger partial charge in [-0.15, -0.1) is 0 Å². The van der Waals surface area contributed by atoms with Crippen LogP contribution in [0.5, 0.6) is 0 Å². The maximum Gasteiger partial charge on any atom is 0.352 e. The second-order valence-corrected chi connectivity index (χ2v) is 6.07. The van der Waals surface area contributed by atoms with Crippen molar-refractivity contribution in [2.45, 2.75) is 11.3 Å². The zero-order valence-electron chi connectivity index (χ0n) is 9.65. The Kier molecular flexibility index (Phi) is 3.63. The predicted octanol–water partition coefficient (Wildman–Crippen LogP) is 0.873. The SMILES string of the molecule is O=C(O)C1=NN(c2ccc(Br)c(S(=O)(=O)O)c2)C(=O)C1. The van der Waals surface area contributed by atoms with E-state index in [4.69, 9.17) is 9.66 Å². The summed E-state index contributed by atoms with van der Waals surface area (Å²) in [5.41, 5.74) is -0.298. The lowest BCUT2D eigenvalue weighted by Crippen LogP contribution is -2.20. The number of hydrogen-bond acceptors (Lipinski definition) is 5. The number of nitrogens with zero attached hydrogens (tertiary/aromatic N) is 2. The van der Waals surface area contributed by atoms with Crippen molar-refractivity contribution in [2.75, 3.05) is 5.01 Å². The number of aliphatic carboxylic acids is 1. The fourth-order valence-corrected chi connectivity index (χ4v) is 3.02. The number of carboxylic acid groups (broad SMARTS) is 1. The van der Waals surface area contributed by atoms with Gasteiger partial charge in [-0.25, -0.2) is 4.79 Å². The molecule has 0 radical (unpaired) electrons. The molecule has 0 fully saturated rings. The summed E-state index contributed by atoms with van der Waals surface area (Å²) in [4.78, 5) is 22.0. The number of hydrogen-bond donors (Lipinski definition) is 2. The molecule has 1 aromatic rings. The van der Waals surface area contributed by atoms with Crippen molar-refractivity contribution in [1.82, 2.24) is 0 Å². The normalized spacial score (nSPS) is 15.4. The number of rotatable bonds is 3. The van der Waals surface area contributed by atoms with Crippen LogP contribution < -0.4 is 5.01 Å². The highest BCUT2D eigenvalue weighted by atomic mass is 79.9. The lowest BCUT2D eigenvalue weighted by molar-refractivity contribution is -0.129. The van der Waals surface area contributed by atoms with E-state index in [1.807, 2.05) is 0 Å². The minimum Gasteiger partial charge on any atom is -0.477 e. The average Bonchev–Trinajstić information content (AvgIpc) is 2.71. The van der Waals surface area contributed by atoms with Crippen LogP contribution in [-0.2, 0) is 19.7 Å². The molecular formula is C10H7BrN2O6S. The first-order valence-corrected chi connectivity index (χ1v) is 7.34. The smallest absolute Gasteiger partial charge is 0.352 e. The largest absolute Gasteiger partial charge is 0.477 e. The van der Waals surface area contributed by atoms with E-state index in [0.717, 1.165) is 11.1 Å². The summed E-state index contributed by atoms with van der Waals surface area (Å²) in [6, 6.07) is 3.69. The van der Waals surface area contributed by atoms with Gasteiger partial charge in [0.05, 0.1) is 12.1 Å². The number of hydrazone groups is 1. The number of carbonyl (C=O) groups excluding carboxylic acids is 1. The van der Waals surface area contributed by atoms with Crippen LogP contribution in [0, 0.1) is 0 Å². The van der Waals surface area contributed by atoms with Crippen LogP contribution in [0.1, 0.15) is 6.42 Å². The standard InChI is InChI=1S/C10H7BrN2O6S/c11-6-2-1-5(3-8(6)20(17,18)19)13-9(14)4-7(12-13)10(15)16/h1-3H,4H2,(H,15,16)(H,17,18,19). The molecule has 0 bridgehead atoms. The summed E-state index contributed by atoms with van der Waals surface area (Å²) in [6.07, 6.45) is -0.382. The van der Waals surface area contributed by atoms with E-state index in [1.165, 1.54) is 12.1 Å². The van der Waals surface area contributed by atoms with Crippen molar-refractivity contribution in [3.8, 4) is 0 Å². The molecule has 10 heteroatoms. The number of benzene rings is 1. The van der Waals surface area contributed by atoms with E-state index < -0.39 is 26.9 Å². The maximum absolute atomic E-state index is 11.7. The molecule has 0 atom stereocenters. The first-order chi connectivity index (χ1) is 9.20. The summed E-state index contributed by atoms with van der Waals surface area (Å²) >= 11 is 2.95. The quantitative estimate of drug-likeness (QED) is 0.768. The second-order valence-electron chi connectivity index (χ2n) is 3.82. The third-order valence-electron chi connectivity index (χ3n) is 2.46. The van der Waals surface area contributed by atoms with E-state index in [9.17, 15) is 18.0 Å². The molecule has 1 aliphatic heterocycles. The molecule has 2 rings (SSSR count). The third kappa shape index (κ3) is 2.71. The Balaban J connectivity index is 2.50. The fourth-order valence-electron chi connectivity index (χ4n) is 1.57. The average molecular weight is 363 g/mol. The van der Waals surface area contributed by atoms with Crippen LogP contribution in [-0.4, -0.2) is 35.7 Å². The van der Waals surface area contributed by atoms with Gasteiger partial charge in [0.1, 0.15) is 4.90 Å². The predicted molar refractivity (Wildman–Crippen MR) is 71.1 cm³/mol. The van der Waals surface area contributed by atoms with Crippen LogP contribution in [0.2, 0.25) is 0 Å². The molecule has 0 saturated heterocycles. The Bertz CT molecular complexity index is 742. The Hall–Kier alpha value is -1.78. The highest BCUT2D eigenvalue weighted by Crippen LogP contribution is 2.29. The maximum atomic E-state index is 11.7. The minimum absolute atomic E-state index is 0.0436. The molecule has 2 N–H and O–H groups in total. The number of amides is 1. The Morgan fingerprint density at radius 1 is 1.40 bits per heavy atom. The van der Waals surface area contributed by atoms with Crippen molar-refractivity contribution < 1.29 is 27.7 Å². The van der Waals surface area contributed by atoms with Crippen LogP contribution in [0.15, 0.2) is 32.7 Å². The van der Waals surface area contributed by atoms with E-state index in [1.54, 1.807) is 0 Å². The number of halogens is 1. The molecule has 8 nitrogen and oxygen atoms in total. The lowest BCUT2D eigenvalue weighted by atomic mass is 10.2. The zero-order valence-corrected chi connectivity index (χ0v) is 12.0. The van der Waals surface area contributed by atoms with E-state index in [-0.39, 0.29) is 22.3 Å². The summed E-state index contributed by atoms with van der Waals surface area (Å²) < 4.78 is 31.5. The summed E-state index contributed by atoms with van der Waals surface area (Å²) in [7, 11) is -4.48. The fraction of sp³-hybridized carbons (Fsp3) is 0.100. The third-order valence-corrected chi connectivity index (χ3v) is 4.31. The van der Waals surface area contributed by atoms with E-state index in [2.05, 4.69) is 21.0 Å². The van der Waals surface area contributed by atoms with Gasteiger partial charge in [-0.05, 0) is 34.1 Å². The van der Waals surface area contributed by atoms with Gasteiger partial charge in [0.15, 0.2) is 5.71 Å². The van der Waals surface area contributed by atoms with Gasteiger partial charge in [0, 0.05) is 4.47 Å². The summed E-state index contributed by atoms with van der Waals surface area (Å²) in [6.45, 7) is 0. The molecule has 20 heavy (non-hydrogen) atoms. The molecule has 0 aromatic heterocycles. The van der Waals surface area contributed by atoms with E-state index >= 15 is 0 Å². The van der Waals surface area contributed by atoms with Crippen molar-refractivity contribution in [3.63, 3.8) is 0 Å². The van der Waals surface area contributed by atoms with Crippen LogP contribution in [0.3, 0.4) is 0 Å². The molecule has 0 spiro atoms. The Morgan fingerprint density at radius 3 is 2.55 bits per heavy atom. The number of anilines is 1. The van der Waals surface area contributed by atoms with E-state index in [0.29, 0.717) is 0 Å². The monoisotopic (exact) mass is 362 g/mol. The molecular weight excluding hydrogens is 356 g/mol. The van der Waals surface area contributed by atoms with Gasteiger partial charge in [-0.3, -0.25) is 9.35 Å². The van der Waals surface area contributed by atoms with Gasteiger partial charge in [0.2, 0.25) is 0 Å². The van der Waals surface area contributed by atoms with Gasteiger partial charge in [-0.2, -0.15) is 18.5 Å². The number of carbonyl (C=O) groups is 2. The van der Waals surface area contributed by atoms with Crippen molar-refractivity contribution in [3.05, 3.63) is 22.7 Å². The highest BCUT2D eigenvalue weighted by Gasteiger charge is 2.30. The lowest BCUT2D eigenvalue weighted by Gasteiger charge is -2.13. The molecule has 1 aliphatic rings. The Labute approximate surface area is 121 Å². The zero-order chi connectivity index (χ0) is 15.1. The minimum atomic E-state index is -4.48. The molecule has 0 unspecified atom stereocenters. The van der Waals surface area contributed by atoms with Gasteiger partial charge < -0.3 is 5.11 Å². The molecule has 1 aromatic carbocycles. The van der Waals surface area contributed by atoms with Crippen LogP contribution in [0.25, 0.3) is 0 Å². The van der Waals surface area contributed by atoms with Crippen molar-refractivity contribution in [1.29, 1.82) is 0 Å². The molecule has 106 valence electrons. The topological polar surface area (TPSA) is 124 Å². The van der Waals surface area contributed by atoms with Gasteiger partial charge in [-0.1, -0.05) is 0 Å². The van der Waals surface area contributed by atoms with Crippen LogP contribution >= 0.6 is 15.9 Å². The first kappa shape index (κ1) is 14.6. The summed E-state index contributed by atoms with van der Waals surface area (Å²) in [5.74, 6) is -1.93. The van der Waals surface area contributed by atoms with Gasteiger partial charge in [0.25, 0.3) is 16.0 Å². The molecule has 0 aliphatic carbocycles.